The summed E-state index contributed by atoms with van der Waals surface area (Å²) in [5.41, 5.74) is 0. The molecule has 0 N–H and O–H groups in total. The predicted octanol–water partition coefficient (Wildman–Crippen LogP) is 17.9. The van der Waals surface area contributed by atoms with E-state index in [9.17, 15) is 9.59 Å². The second kappa shape index (κ2) is 38.9. The highest BCUT2D eigenvalue weighted by atomic mass is 16.5. The molecule has 0 fully saturated rings. The van der Waals surface area contributed by atoms with Crippen LogP contribution in [0.3, 0.4) is 0 Å². The van der Waals surface area contributed by atoms with Gasteiger partial charge in [0.2, 0.25) is 0 Å². The summed E-state index contributed by atoms with van der Waals surface area (Å²) < 4.78 is 23.7. The third-order valence-electron chi connectivity index (χ3n) is 12.9. The highest BCUT2D eigenvalue weighted by Crippen LogP contribution is 2.43. The van der Waals surface area contributed by atoms with Gasteiger partial charge in [-0.25, -0.2) is 0 Å². The Hall–Kier alpha value is -3.28. The Morgan fingerprint density at radius 1 is 0.312 bits per heavy atom. The lowest BCUT2D eigenvalue weighted by atomic mass is 10.0. The minimum atomic E-state index is -0.0145. The van der Waals surface area contributed by atoms with Gasteiger partial charge in [0.1, 0.15) is 11.5 Å². The quantitative estimate of drug-likeness (QED) is 0.0320. The van der Waals surface area contributed by atoms with E-state index < -0.39 is 0 Å². The van der Waals surface area contributed by atoms with Crippen LogP contribution in [0.1, 0.15) is 245 Å². The molecule has 3 rings (SSSR count). The van der Waals surface area contributed by atoms with Gasteiger partial charge in [0.25, 0.3) is 0 Å². The number of unbranched alkanes of at least 4 members (excludes halogenated alkanes) is 30. The largest absolute Gasteiger partial charge is 0.492 e. The zero-order valence-electron chi connectivity index (χ0n) is 41.4. The van der Waals surface area contributed by atoms with E-state index in [1.807, 2.05) is 0 Å². The highest BCUT2D eigenvalue weighted by molar-refractivity contribution is 6.11. The zero-order chi connectivity index (χ0) is 45.4. The van der Waals surface area contributed by atoms with Crippen molar-refractivity contribution in [3.8, 4) is 11.5 Å². The van der Waals surface area contributed by atoms with E-state index in [4.69, 9.17) is 18.9 Å². The number of esters is 2. The molecule has 64 heavy (non-hydrogen) atoms. The van der Waals surface area contributed by atoms with Gasteiger partial charge in [0.05, 0.1) is 26.4 Å². The highest BCUT2D eigenvalue weighted by Gasteiger charge is 2.16. The molecule has 0 saturated carbocycles. The molecule has 362 valence electrons. The van der Waals surface area contributed by atoms with Crippen molar-refractivity contribution in [1.82, 2.24) is 0 Å². The molecule has 3 aromatic carbocycles. The summed E-state index contributed by atoms with van der Waals surface area (Å²) in [5, 5.41) is 4.62. The molecule has 0 atom stereocenters. The molecule has 0 saturated heterocycles. The third-order valence-corrected chi connectivity index (χ3v) is 12.9. The number of fused-ring (bicyclic) bond motifs is 2. The molecule has 6 nitrogen and oxygen atoms in total. The van der Waals surface area contributed by atoms with E-state index in [0.717, 1.165) is 110 Å². The number of hydrogen-bond donors (Lipinski definition) is 0. The molecule has 0 aliphatic rings. The molecule has 0 radical (unpaired) electrons. The van der Waals surface area contributed by atoms with Crippen LogP contribution in [-0.4, -0.2) is 38.4 Å². The molecule has 0 unspecified atom stereocenters. The van der Waals surface area contributed by atoms with Gasteiger partial charge < -0.3 is 18.9 Å². The van der Waals surface area contributed by atoms with Gasteiger partial charge in [-0.1, -0.05) is 242 Å². The molecule has 3 aromatic rings. The zero-order valence-corrected chi connectivity index (χ0v) is 41.4. The van der Waals surface area contributed by atoms with Crippen molar-refractivity contribution in [3.63, 3.8) is 0 Å². The molecule has 0 aliphatic heterocycles. The third kappa shape index (κ3) is 26.0. The lowest BCUT2D eigenvalue weighted by Crippen LogP contribution is -2.05. The molecule has 0 amide bonds. The van der Waals surface area contributed by atoms with Crippen LogP contribution in [0.5, 0.6) is 11.5 Å². The Labute approximate surface area is 392 Å². The monoisotopic (exact) mass is 887 g/mol. The fraction of sp³-hybridized carbons (Fsp3) is 0.724. The van der Waals surface area contributed by atoms with Crippen LogP contribution in [0.25, 0.3) is 21.5 Å². The van der Waals surface area contributed by atoms with E-state index in [-0.39, 0.29) is 11.9 Å². The van der Waals surface area contributed by atoms with Crippen LogP contribution in [-0.2, 0) is 19.1 Å². The summed E-state index contributed by atoms with van der Waals surface area (Å²) >= 11 is 0. The second-order valence-electron chi connectivity index (χ2n) is 18.7. The van der Waals surface area contributed by atoms with Crippen LogP contribution in [0.2, 0.25) is 0 Å². The molecule has 0 aliphatic carbocycles. The summed E-state index contributed by atoms with van der Waals surface area (Å²) in [6.07, 6.45) is 43.5. The maximum absolute atomic E-state index is 11.7. The topological polar surface area (TPSA) is 71.1 Å². The Bertz CT molecular complexity index is 1410. The summed E-state index contributed by atoms with van der Waals surface area (Å²) in [4.78, 5) is 23.4. The normalized spacial score (nSPS) is 11.4. The van der Waals surface area contributed by atoms with Crippen molar-refractivity contribution >= 4 is 33.5 Å². The smallest absolute Gasteiger partial charge is 0.305 e. The average molecular weight is 887 g/mol. The Balaban J connectivity index is 1.17. The van der Waals surface area contributed by atoms with Crippen molar-refractivity contribution in [1.29, 1.82) is 0 Å². The fourth-order valence-electron chi connectivity index (χ4n) is 8.85. The van der Waals surface area contributed by atoms with Crippen molar-refractivity contribution in [3.05, 3.63) is 48.5 Å². The standard InChI is InChI=1S/C58H94O6/c1-3-5-47-61-55(59)45-33-29-25-21-17-13-9-7-11-15-19-23-27-31-39-49-63-57-51-41-35-37-43-53(51)58(54-44-38-36-42-52(54)57)64-50-40-32-28-24-20-16-12-8-10-14-18-22-26-30-34-46-56(60)62-48-6-4-2/h35-38,41-44H,3-34,39-40,45-50H2,1-2H3. The number of carbonyl (C=O) groups is 2. The Morgan fingerprint density at radius 3 is 0.797 bits per heavy atom. The van der Waals surface area contributed by atoms with Gasteiger partial charge in [0, 0.05) is 34.4 Å². The van der Waals surface area contributed by atoms with E-state index in [1.54, 1.807) is 0 Å². The van der Waals surface area contributed by atoms with E-state index in [1.165, 1.54) is 154 Å². The predicted molar refractivity (Wildman–Crippen MR) is 272 cm³/mol. The molecule has 0 aromatic heterocycles. The van der Waals surface area contributed by atoms with Crippen molar-refractivity contribution < 1.29 is 28.5 Å². The first-order valence-corrected chi connectivity index (χ1v) is 27.2. The fourth-order valence-corrected chi connectivity index (χ4v) is 8.85. The minimum Gasteiger partial charge on any atom is -0.492 e. The van der Waals surface area contributed by atoms with E-state index in [0.29, 0.717) is 26.1 Å². The lowest BCUT2D eigenvalue weighted by Gasteiger charge is -2.18. The van der Waals surface area contributed by atoms with Crippen molar-refractivity contribution in [2.24, 2.45) is 0 Å². The summed E-state index contributed by atoms with van der Waals surface area (Å²) in [5.74, 6) is 1.98. The molecule has 6 heteroatoms. The van der Waals surface area contributed by atoms with Crippen LogP contribution in [0, 0.1) is 0 Å². The Kier molecular flexibility index (Phi) is 33.5. The average Bonchev–Trinajstić information content (AvgIpc) is 3.31. The van der Waals surface area contributed by atoms with E-state index in [2.05, 4.69) is 62.4 Å². The molecule has 0 bridgehead atoms. The maximum Gasteiger partial charge on any atom is 0.305 e. The van der Waals surface area contributed by atoms with Crippen LogP contribution >= 0.6 is 0 Å². The lowest BCUT2D eigenvalue weighted by molar-refractivity contribution is -0.144. The summed E-state index contributed by atoms with van der Waals surface area (Å²) in [6.45, 7) is 6.91. The van der Waals surface area contributed by atoms with Gasteiger partial charge in [-0.3, -0.25) is 9.59 Å². The summed E-state index contributed by atoms with van der Waals surface area (Å²) in [7, 11) is 0. The van der Waals surface area contributed by atoms with Gasteiger partial charge in [-0.05, 0) is 38.5 Å². The number of benzene rings is 3. The molecule has 0 heterocycles. The number of ether oxygens (including phenoxy) is 4. The van der Waals surface area contributed by atoms with E-state index >= 15 is 0 Å². The van der Waals surface area contributed by atoms with Crippen LogP contribution in [0.15, 0.2) is 48.5 Å². The van der Waals surface area contributed by atoms with Crippen molar-refractivity contribution in [2.75, 3.05) is 26.4 Å². The second-order valence-corrected chi connectivity index (χ2v) is 18.7. The first-order chi connectivity index (χ1) is 31.7. The number of carbonyl (C=O) groups excluding carboxylic acids is 2. The van der Waals surface area contributed by atoms with Gasteiger partial charge in [-0.15, -0.1) is 0 Å². The van der Waals surface area contributed by atoms with Gasteiger partial charge >= 0.3 is 11.9 Å². The maximum atomic E-state index is 11.7. The first-order valence-electron chi connectivity index (χ1n) is 27.2. The number of hydrogen-bond acceptors (Lipinski definition) is 6. The molecule has 0 spiro atoms. The molecular formula is C58H94O6. The molecular weight excluding hydrogens is 793 g/mol. The minimum absolute atomic E-state index is 0.0145. The number of rotatable bonds is 44. The van der Waals surface area contributed by atoms with Gasteiger partial charge in [0.15, 0.2) is 0 Å². The van der Waals surface area contributed by atoms with Crippen LogP contribution in [0.4, 0.5) is 0 Å². The van der Waals surface area contributed by atoms with Gasteiger partial charge in [-0.2, -0.15) is 0 Å². The first kappa shape index (κ1) is 55.1. The van der Waals surface area contributed by atoms with Crippen LogP contribution < -0.4 is 9.47 Å². The Morgan fingerprint density at radius 2 is 0.547 bits per heavy atom. The SMILES string of the molecule is CCCCOC(=O)CCCCCCCCCCCCCCCCCOc1c2ccccc2c(OCCCCCCCCCCCCCCCCCC(=O)OCCCC)c2ccccc12. The summed E-state index contributed by atoms with van der Waals surface area (Å²) in [6, 6.07) is 17.3. The van der Waals surface area contributed by atoms with Crippen molar-refractivity contribution in [2.45, 2.75) is 245 Å².